The summed E-state index contributed by atoms with van der Waals surface area (Å²) in [5, 5.41) is 6.66. The molecule has 130 valence electrons. The summed E-state index contributed by atoms with van der Waals surface area (Å²) in [6, 6.07) is 4.14. The lowest BCUT2D eigenvalue weighted by Gasteiger charge is -2.24. The highest BCUT2D eigenvalue weighted by atomic mass is 127. The number of fused-ring (bicyclic) bond motifs is 1. The Hall–Kier alpha value is -1.18. The summed E-state index contributed by atoms with van der Waals surface area (Å²) in [7, 11) is 3.47. The summed E-state index contributed by atoms with van der Waals surface area (Å²) < 4.78 is 11.3. The van der Waals surface area contributed by atoms with Gasteiger partial charge in [-0.2, -0.15) is 0 Å². The Morgan fingerprint density at radius 2 is 2.09 bits per heavy atom. The molecule has 0 amide bonds. The van der Waals surface area contributed by atoms with Gasteiger partial charge in [0.1, 0.15) is 17.6 Å². The largest absolute Gasteiger partial charge is 0.496 e. The minimum absolute atomic E-state index is 0. The minimum Gasteiger partial charge on any atom is -0.496 e. The molecule has 0 saturated heterocycles. The van der Waals surface area contributed by atoms with E-state index in [4.69, 9.17) is 9.47 Å². The van der Waals surface area contributed by atoms with Crippen LogP contribution in [-0.2, 0) is 13.0 Å². The average molecular weight is 433 g/mol. The summed E-state index contributed by atoms with van der Waals surface area (Å²) in [6.07, 6.45) is 1.17. The zero-order valence-corrected chi connectivity index (χ0v) is 17.1. The third kappa shape index (κ3) is 5.44. The number of methoxy groups -OCH3 is 1. The lowest BCUT2D eigenvalue weighted by atomic mass is 10.1. The molecule has 23 heavy (non-hydrogen) atoms. The molecule has 5 nitrogen and oxygen atoms in total. The van der Waals surface area contributed by atoms with Gasteiger partial charge in [-0.15, -0.1) is 24.0 Å². The first-order valence-electron chi connectivity index (χ1n) is 7.67. The fraction of sp³-hybridized carbons (Fsp3) is 0.588. The number of nitrogens with one attached hydrogen (secondary N) is 2. The van der Waals surface area contributed by atoms with Crippen LogP contribution in [0.5, 0.6) is 11.5 Å². The second-order valence-electron chi connectivity index (χ2n) is 6.71. The van der Waals surface area contributed by atoms with E-state index in [0.29, 0.717) is 6.54 Å². The summed E-state index contributed by atoms with van der Waals surface area (Å²) >= 11 is 0. The van der Waals surface area contributed by atoms with E-state index in [0.717, 1.165) is 29.4 Å². The molecular weight excluding hydrogens is 405 g/mol. The predicted molar refractivity (Wildman–Crippen MR) is 105 cm³/mol. The maximum absolute atomic E-state index is 5.83. The topological polar surface area (TPSA) is 54.9 Å². The van der Waals surface area contributed by atoms with Crippen molar-refractivity contribution < 1.29 is 9.47 Å². The molecule has 0 bridgehead atoms. The predicted octanol–water partition coefficient (Wildman–Crippen LogP) is 3.10. The van der Waals surface area contributed by atoms with Gasteiger partial charge in [-0.1, -0.05) is 0 Å². The molecule has 1 heterocycles. The number of rotatable bonds is 3. The number of hydrogen-bond donors (Lipinski definition) is 2. The second-order valence-corrected chi connectivity index (χ2v) is 6.71. The van der Waals surface area contributed by atoms with Crippen molar-refractivity contribution in [2.45, 2.75) is 52.3 Å². The van der Waals surface area contributed by atoms with Crippen molar-refractivity contribution in [1.29, 1.82) is 0 Å². The summed E-state index contributed by atoms with van der Waals surface area (Å²) in [5.41, 5.74) is 2.24. The molecule has 0 radical (unpaired) electrons. The van der Waals surface area contributed by atoms with Gasteiger partial charge in [0.25, 0.3) is 0 Å². The molecule has 1 aliphatic heterocycles. The number of hydrogen-bond acceptors (Lipinski definition) is 3. The molecular formula is C17H28IN3O2. The van der Waals surface area contributed by atoms with Crippen molar-refractivity contribution in [1.82, 2.24) is 10.6 Å². The van der Waals surface area contributed by atoms with Gasteiger partial charge in [0.2, 0.25) is 0 Å². The number of guanidine groups is 1. The molecule has 1 unspecified atom stereocenters. The van der Waals surface area contributed by atoms with Crippen LogP contribution in [0.4, 0.5) is 0 Å². The van der Waals surface area contributed by atoms with Crippen molar-refractivity contribution in [2.75, 3.05) is 14.2 Å². The van der Waals surface area contributed by atoms with Crippen molar-refractivity contribution in [3.8, 4) is 11.5 Å². The van der Waals surface area contributed by atoms with Crippen LogP contribution in [0, 0.1) is 0 Å². The highest BCUT2D eigenvalue weighted by molar-refractivity contribution is 14.0. The first-order chi connectivity index (χ1) is 10.3. The number of nitrogens with zero attached hydrogens (tertiary/aromatic N) is 1. The lowest BCUT2D eigenvalue weighted by Crippen LogP contribution is -2.47. The van der Waals surface area contributed by atoms with Crippen LogP contribution in [0.2, 0.25) is 0 Å². The van der Waals surface area contributed by atoms with E-state index in [-0.39, 0.29) is 35.6 Å². The Kier molecular flexibility index (Phi) is 6.98. The summed E-state index contributed by atoms with van der Waals surface area (Å²) in [5.74, 6) is 2.61. The third-order valence-electron chi connectivity index (χ3n) is 3.46. The van der Waals surface area contributed by atoms with Gasteiger partial charge >= 0.3 is 0 Å². The van der Waals surface area contributed by atoms with Gasteiger partial charge in [0, 0.05) is 36.7 Å². The average Bonchev–Trinajstić information content (AvgIpc) is 2.79. The molecule has 1 aromatic carbocycles. The molecule has 2 N–H and O–H groups in total. The molecule has 1 atom stereocenters. The quantitative estimate of drug-likeness (QED) is 0.437. The zero-order valence-electron chi connectivity index (χ0n) is 14.8. The lowest BCUT2D eigenvalue weighted by molar-refractivity contribution is 0.254. The van der Waals surface area contributed by atoms with Crippen molar-refractivity contribution in [3.63, 3.8) is 0 Å². The van der Waals surface area contributed by atoms with Gasteiger partial charge < -0.3 is 20.1 Å². The van der Waals surface area contributed by atoms with Gasteiger partial charge in [0.15, 0.2) is 5.96 Å². The van der Waals surface area contributed by atoms with Crippen LogP contribution in [-0.4, -0.2) is 31.8 Å². The Labute approximate surface area is 156 Å². The van der Waals surface area contributed by atoms with E-state index in [1.54, 1.807) is 14.2 Å². The smallest absolute Gasteiger partial charge is 0.191 e. The Bertz CT molecular complexity index is 568. The fourth-order valence-electron chi connectivity index (χ4n) is 2.52. The Morgan fingerprint density at radius 1 is 1.39 bits per heavy atom. The molecule has 2 rings (SSSR count). The van der Waals surface area contributed by atoms with Crippen LogP contribution in [0.3, 0.4) is 0 Å². The fourth-order valence-corrected chi connectivity index (χ4v) is 2.52. The van der Waals surface area contributed by atoms with E-state index in [1.165, 1.54) is 5.56 Å². The van der Waals surface area contributed by atoms with Crippen LogP contribution >= 0.6 is 24.0 Å². The first-order valence-corrected chi connectivity index (χ1v) is 7.67. The van der Waals surface area contributed by atoms with Gasteiger partial charge in [0.05, 0.1) is 7.11 Å². The molecule has 0 aromatic heterocycles. The first kappa shape index (κ1) is 19.9. The van der Waals surface area contributed by atoms with Crippen molar-refractivity contribution >= 4 is 29.9 Å². The van der Waals surface area contributed by atoms with Crippen LogP contribution in [0.25, 0.3) is 0 Å². The van der Waals surface area contributed by atoms with Gasteiger partial charge in [-0.25, -0.2) is 0 Å². The van der Waals surface area contributed by atoms with Crippen LogP contribution < -0.4 is 20.1 Å². The van der Waals surface area contributed by atoms with E-state index in [2.05, 4.69) is 55.5 Å². The Balaban J connectivity index is 0.00000264. The van der Waals surface area contributed by atoms with E-state index in [1.807, 2.05) is 0 Å². The minimum atomic E-state index is -0.0393. The molecule has 0 fully saturated rings. The van der Waals surface area contributed by atoms with Gasteiger partial charge in [-0.3, -0.25) is 4.99 Å². The second kappa shape index (κ2) is 8.08. The normalized spacial score (nSPS) is 17.0. The zero-order chi connectivity index (χ0) is 16.3. The molecule has 1 aromatic rings. The maximum atomic E-state index is 5.83. The number of benzene rings is 1. The standard InChI is InChI=1S/C17H27N3O2.HI/c1-11-7-12-8-14(21-6)13(9-15(12)22-11)10-19-16(18-5)20-17(2,3)4;/h8-9,11H,7,10H2,1-6H3,(H2,18,19,20);1H. The number of aliphatic imine (C=N–C) groups is 1. The number of ether oxygens (including phenoxy) is 2. The molecule has 0 saturated carbocycles. The Morgan fingerprint density at radius 3 is 2.65 bits per heavy atom. The van der Waals surface area contributed by atoms with Crippen LogP contribution in [0.15, 0.2) is 17.1 Å². The molecule has 1 aliphatic rings. The monoisotopic (exact) mass is 433 g/mol. The van der Waals surface area contributed by atoms with Crippen molar-refractivity contribution in [2.24, 2.45) is 4.99 Å². The molecule has 0 spiro atoms. The van der Waals surface area contributed by atoms with Crippen LogP contribution in [0.1, 0.15) is 38.8 Å². The summed E-state index contributed by atoms with van der Waals surface area (Å²) in [4.78, 5) is 4.25. The molecule has 0 aliphatic carbocycles. The summed E-state index contributed by atoms with van der Waals surface area (Å²) in [6.45, 7) is 9.02. The van der Waals surface area contributed by atoms with E-state index < -0.39 is 0 Å². The van der Waals surface area contributed by atoms with E-state index in [9.17, 15) is 0 Å². The number of halogens is 1. The third-order valence-corrected chi connectivity index (χ3v) is 3.46. The van der Waals surface area contributed by atoms with Crippen molar-refractivity contribution in [3.05, 3.63) is 23.3 Å². The highest BCUT2D eigenvalue weighted by Crippen LogP contribution is 2.34. The van der Waals surface area contributed by atoms with E-state index >= 15 is 0 Å². The maximum Gasteiger partial charge on any atom is 0.191 e. The SMILES string of the molecule is CN=C(NCc1cc2c(cc1OC)CC(C)O2)NC(C)(C)C.I. The molecule has 6 heteroatoms. The highest BCUT2D eigenvalue weighted by Gasteiger charge is 2.22. The van der Waals surface area contributed by atoms with Gasteiger partial charge in [-0.05, 0) is 39.8 Å².